The molecule has 0 unspecified atom stereocenters. The fourth-order valence-corrected chi connectivity index (χ4v) is 3.63. The molecule has 5 heteroatoms. The van der Waals surface area contributed by atoms with Crippen molar-refractivity contribution in [3.8, 4) is 16.9 Å². The maximum atomic E-state index is 13.6. The van der Waals surface area contributed by atoms with Crippen LogP contribution in [-0.2, 0) is 19.4 Å². The molecule has 0 aliphatic rings. The molecule has 0 aliphatic heterocycles. The zero-order valence-electron chi connectivity index (χ0n) is 17.4. The molecular formula is C24H27FN2O2. The van der Waals surface area contributed by atoms with Gasteiger partial charge in [-0.25, -0.2) is 9.07 Å². The van der Waals surface area contributed by atoms with Crippen LogP contribution in [0.3, 0.4) is 0 Å². The molecule has 0 fully saturated rings. The molecule has 1 aromatic heterocycles. The van der Waals surface area contributed by atoms with Gasteiger partial charge in [-0.1, -0.05) is 44.2 Å². The standard InChI is InChI=1S/C24H27FN2O2/c1-16(2)15-27-24(28)21(13-12-18-8-7-9-19(25)14-18)23(17(3)26-27)20-10-5-6-11-22(20)29-4/h5-11,14,16H,12-13,15H2,1-4H3. The van der Waals surface area contributed by atoms with Crippen LogP contribution >= 0.6 is 0 Å². The van der Waals surface area contributed by atoms with Crippen molar-refractivity contribution in [3.63, 3.8) is 0 Å². The van der Waals surface area contributed by atoms with Crippen molar-refractivity contribution in [1.29, 1.82) is 0 Å². The summed E-state index contributed by atoms with van der Waals surface area (Å²) >= 11 is 0. The molecule has 29 heavy (non-hydrogen) atoms. The minimum absolute atomic E-state index is 0.0957. The van der Waals surface area contributed by atoms with Crippen LogP contribution in [0.15, 0.2) is 53.3 Å². The maximum absolute atomic E-state index is 13.6. The third kappa shape index (κ3) is 4.73. The molecule has 0 amide bonds. The predicted octanol–water partition coefficient (Wildman–Crippen LogP) is 4.81. The van der Waals surface area contributed by atoms with Gasteiger partial charge in [-0.2, -0.15) is 5.10 Å². The van der Waals surface area contributed by atoms with Crippen molar-refractivity contribution < 1.29 is 9.13 Å². The first-order chi connectivity index (χ1) is 13.9. The second-order valence-electron chi connectivity index (χ2n) is 7.65. The Bertz CT molecular complexity index is 1060. The molecule has 0 spiro atoms. The Morgan fingerprint density at radius 2 is 1.86 bits per heavy atom. The largest absolute Gasteiger partial charge is 0.496 e. The summed E-state index contributed by atoms with van der Waals surface area (Å²) in [6, 6.07) is 14.2. The zero-order chi connectivity index (χ0) is 21.0. The van der Waals surface area contributed by atoms with Gasteiger partial charge in [-0.3, -0.25) is 4.79 Å². The number of methoxy groups -OCH3 is 1. The summed E-state index contributed by atoms with van der Waals surface area (Å²) in [6.45, 7) is 6.59. The number of aromatic nitrogens is 2. The quantitative estimate of drug-likeness (QED) is 0.578. The minimum Gasteiger partial charge on any atom is -0.496 e. The van der Waals surface area contributed by atoms with E-state index in [1.54, 1.807) is 17.9 Å². The summed E-state index contributed by atoms with van der Waals surface area (Å²) in [5, 5.41) is 4.58. The Kier molecular flexibility index (Phi) is 6.47. The molecule has 0 aliphatic carbocycles. The smallest absolute Gasteiger partial charge is 0.270 e. The molecule has 0 saturated carbocycles. The third-order valence-corrected chi connectivity index (χ3v) is 4.89. The number of halogens is 1. The third-order valence-electron chi connectivity index (χ3n) is 4.89. The topological polar surface area (TPSA) is 44.1 Å². The van der Waals surface area contributed by atoms with E-state index in [0.29, 0.717) is 36.6 Å². The van der Waals surface area contributed by atoms with Gasteiger partial charge in [0.2, 0.25) is 0 Å². The summed E-state index contributed by atoms with van der Waals surface area (Å²) in [7, 11) is 1.62. The molecule has 0 atom stereocenters. The second-order valence-corrected chi connectivity index (χ2v) is 7.65. The Labute approximate surface area is 171 Å². The summed E-state index contributed by atoms with van der Waals surface area (Å²) in [4.78, 5) is 13.3. The molecule has 152 valence electrons. The summed E-state index contributed by atoms with van der Waals surface area (Å²) in [6.07, 6.45) is 1.07. The number of nitrogens with zero attached hydrogens (tertiary/aromatic N) is 2. The van der Waals surface area contributed by atoms with Crippen LogP contribution in [0.25, 0.3) is 11.1 Å². The van der Waals surface area contributed by atoms with E-state index in [1.165, 1.54) is 12.1 Å². The average molecular weight is 394 g/mol. The van der Waals surface area contributed by atoms with Gasteiger partial charge >= 0.3 is 0 Å². The van der Waals surface area contributed by atoms with Crippen molar-refractivity contribution in [2.24, 2.45) is 5.92 Å². The van der Waals surface area contributed by atoms with Crippen molar-refractivity contribution in [2.45, 2.75) is 40.2 Å². The first kappa shape index (κ1) is 20.8. The molecule has 4 nitrogen and oxygen atoms in total. The first-order valence-electron chi connectivity index (χ1n) is 9.89. The van der Waals surface area contributed by atoms with Crippen LogP contribution in [0.2, 0.25) is 0 Å². The van der Waals surface area contributed by atoms with Gasteiger partial charge in [-0.05, 0) is 49.4 Å². The molecule has 3 rings (SSSR count). The minimum atomic E-state index is -0.268. The number of hydrogen-bond donors (Lipinski definition) is 0. The summed E-state index contributed by atoms with van der Waals surface area (Å²) < 4.78 is 20.7. The number of benzene rings is 2. The lowest BCUT2D eigenvalue weighted by Gasteiger charge is -2.18. The van der Waals surface area contributed by atoms with Gasteiger partial charge in [0.15, 0.2) is 0 Å². The fraction of sp³-hybridized carbons (Fsp3) is 0.333. The predicted molar refractivity (Wildman–Crippen MR) is 114 cm³/mol. The van der Waals surface area contributed by atoms with Crippen LogP contribution in [0.1, 0.15) is 30.7 Å². The van der Waals surface area contributed by atoms with E-state index >= 15 is 0 Å². The normalized spacial score (nSPS) is 11.1. The van der Waals surface area contributed by atoms with Crippen molar-refractivity contribution in [2.75, 3.05) is 7.11 Å². The zero-order valence-corrected chi connectivity index (χ0v) is 17.4. The second kappa shape index (κ2) is 9.03. The Morgan fingerprint density at radius 1 is 1.10 bits per heavy atom. The Balaban J connectivity index is 2.13. The highest BCUT2D eigenvalue weighted by Gasteiger charge is 2.19. The van der Waals surface area contributed by atoms with Gasteiger partial charge in [-0.15, -0.1) is 0 Å². The molecule has 0 N–H and O–H groups in total. The van der Waals surface area contributed by atoms with Gasteiger partial charge in [0, 0.05) is 23.2 Å². The highest BCUT2D eigenvalue weighted by atomic mass is 19.1. The molecule has 1 heterocycles. The Hall–Kier alpha value is -2.95. The number of rotatable bonds is 7. The molecule has 2 aromatic carbocycles. The van der Waals surface area contributed by atoms with Crippen molar-refractivity contribution in [1.82, 2.24) is 9.78 Å². The summed E-state index contributed by atoms with van der Waals surface area (Å²) in [5.74, 6) is 0.730. The van der Waals surface area contributed by atoms with Crippen LogP contribution in [-0.4, -0.2) is 16.9 Å². The highest BCUT2D eigenvalue weighted by Crippen LogP contribution is 2.33. The lowest BCUT2D eigenvalue weighted by atomic mass is 9.94. The summed E-state index contributed by atoms with van der Waals surface area (Å²) in [5.41, 5.74) is 3.89. The average Bonchev–Trinajstić information content (AvgIpc) is 2.69. The van der Waals surface area contributed by atoms with Crippen LogP contribution in [0, 0.1) is 18.7 Å². The van der Waals surface area contributed by atoms with Crippen LogP contribution in [0.5, 0.6) is 5.75 Å². The van der Waals surface area contributed by atoms with E-state index in [2.05, 4.69) is 18.9 Å². The number of aryl methyl sites for hydroxylation is 2. The van der Waals surface area contributed by atoms with E-state index in [0.717, 1.165) is 22.4 Å². The first-order valence-corrected chi connectivity index (χ1v) is 9.89. The van der Waals surface area contributed by atoms with Gasteiger partial charge in [0.1, 0.15) is 11.6 Å². The van der Waals surface area contributed by atoms with E-state index in [-0.39, 0.29) is 11.4 Å². The van der Waals surface area contributed by atoms with Crippen LogP contribution < -0.4 is 10.3 Å². The van der Waals surface area contributed by atoms with Gasteiger partial charge in [0.05, 0.1) is 12.8 Å². The molecule has 0 bridgehead atoms. The number of ether oxygens (including phenoxy) is 1. The van der Waals surface area contributed by atoms with E-state index < -0.39 is 0 Å². The maximum Gasteiger partial charge on any atom is 0.270 e. The monoisotopic (exact) mass is 394 g/mol. The lowest BCUT2D eigenvalue weighted by Crippen LogP contribution is -2.30. The lowest BCUT2D eigenvalue weighted by molar-refractivity contribution is 0.416. The van der Waals surface area contributed by atoms with Crippen molar-refractivity contribution >= 4 is 0 Å². The Morgan fingerprint density at radius 3 is 2.55 bits per heavy atom. The SMILES string of the molecule is COc1ccccc1-c1c(C)nn(CC(C)C)c(=O)c1CCc1cccc(F)c1. The molecular weight excluding hydrogens is 367 g/mol. The van der Waals surface area contributed by atoms with Gasteiger partial charge < -0.3 is 4.74 Å². The number of para-hydroxylation sites is 1. The van der Waals surface area contributed by atoms with Crippen LogP contribution in [0.4, 0.5) is 4.39 Å². The van der Waals surface area contributed by atoms with Gasteiger partial charge in [0.25, 0.3) is 5.56 Å². The van der Waals surface area contributed by atoms with E-state index in [1.807, 2.05) is 37.3 Å². The van der Waals surface area contributed by atoms with Crippen molar-refractivity contribution in [3.05, 3.63) is 81.5 Å². The van der Waals surface area contributed by atoms with E-state index in [4.69, 9.17) is 4.74 Å². The molecule has 0 saturated heterocycles. The highest BCUT2D eigenvalue weighted by molar-refractivity contribution is 5.74. The number of hydrogen-bond acceptors (Lipinski definition) is 3. The molecule has 3 aromatic rings. The van der Waals surface area contributed by atoms with E-state index in [9.17, 15) is 9.18 Å². The molecule has 0 radical (unpaired) electrons. The fourth-order valence-electron chi connectivity index (χ4n) is 3.63.